The molecule has 1 radical (unpaired) electrons. The summed E-state index contributed by atoms with van der Waals surface area (Å²) >= 11 is 9.80. The number of halogens is 4. The molecule has 43 valence electrons. The van der Waals surface area contributed by atoms with Gasteiger partial charge in [-0.3, -0.25) is 0 Å². The van der Waals surface area contributed by atoms with E-state index in [9.17, 15) is 8.78 Å². The topological polar surface area (TPSA) is 0 Å². The minimum absolute atomic E-state index is 0.232. The highest BCUT2D eigenvalue weighted by Gasteiger charge is 2.17. The smallest absolute Gasteiger partial charge is 0.198 e. The quantitative estimate of drug-likeness (QED) is 0.526. The standard InChI is InChI=1S/C3H3Cl2F2/c4-1-2(5)3(6)7/h2H,1H2. The summed E-state index contributed by atoms with van der Waals surface area (Å²) in [7, 11) is 0. The molecule has 0 aliphatic heterocycles. The molecule has 7 heavy (non-hydrogen) atoms. The van der Waals surface area contributed by atoms with Gasteiger partial charge in [0.2, 0.25) is 0 Å². The maximum atomic E-state index is 11.1. The molecule has 0 nitrogen and oxygen atoms in total. The fourth-order valence-electron chi connectivity index (χ4n) is 0.0583. The van der Waals surface area contributed by atoms with Gasteiger partial charge in [0.25, 0.3) is 0 Å². The average Bonchev–Trinajstić information content (AvgIpc) is 1.65. The van der Waals surface area contributed by atoms with E-state index in [-0.39, 0.29) is 5.88 Å². The lowest BCUT2D eigenvalue weighted by Crippen LogP contribution is -2.03. The van der Waals surface area contributed by atoms with Crippen molar-refractivity contribution in [1.29, 1.82) is 0 Å². The second-order valence-corrected chi connectivity index (χ2v) is 1.75. The van der Waals surface area contributed by atoms with Gasteiger partial charge < -0.3 is 0 Å². The van der Waals surface area contributed by atoms with E-state index >= 15 is 0 Å². The van der Waals surface area contributed by atoms with E-state index in [1.54, 1.807) is 0 Å². The van der Waals surface area contributed by atoms with Crippen LogP contribution in [0.15, 0.2) is 0 Å². The van der Waals surface area contributed by atoms with Crippen molar-refractivity contribution in [1.82, 2.24) is 0 Å². The first-order valence-electron chi connectivity index (χ1n) is 1.56. The van der Waals surface area contributed by atoms with E-state index in [1.807, 2.05) is 0 Å². The van der Waals surface area contributed by atoms with Crippen molar-refractivity contribution in [3.63, 3.8) is 0 Å². The number of rotatable bonds is 2. The first-order chi connectivity index (χ1) is 3.18. The van der Waals surface area contributed by atoms with Gasteiger partial charge in [-0.05, 0) is 0 Å². The van der Waals surface area contributed by atoms with Crippen LogP contribution in [0.1, 0.15) is 0 Å². The fraction of sp³-hybridized carbons (Fsp3) is 0.667. The van der Waals surface area contributed by atoms with Gasteiger partial charge >= 0.3 is 6.43 Å². The number of hydrogen-bond acceptors (Lipinski definition) is 0. The third kappa shape index (κ3) is 3.06. The highest BCUT2D eigenvalue weighted by molar-refractivity contribution is 6.28. The van der Waals surface area contributed by atoms with Crippen molar-refractivity contribution in [2.45, 2.75) is 5.38 Å². The van der Waals surface area contributed by atoms with Crippen molar-refractivity contribution in [2.24, 2.45) is 0 Å². The van der Waals surface area contributed by atoms with Crippen molar-refractivity contribution >= 4 is 23.2 Å². The molecule has 0 fully saturated rings. The molecule has 0 rings (SSSR count). The second kappa shape index (κ2) is 3.44. The van der Waals surface area contributed by atoms with E-state index in [4.69, 9.17) is 23.2 Å². The van der Waals surface area contributed by atoms with Crippen molar-refractivity contribution < 1.29 is 8.78 Å². The van der Waals surface area contributed by atoms with E-state index < -0.39 is 11.8 Å². The molecule has 0 amide bonds. The molecule has 0 saturated carbocycles. The summed E-state index contributed by atoms with van der Waals surface area (Å²) in [4.78, 5) is 0. The Labute approximate surface area is 50.4 Å². The lowest BCUT2D eigenvalue weighted by Gasteiger charge is -1.96. The Kier molecular flexibility index (Phi) is 3.66. The highest BCUT2D eigenvalue weighted by atomic mass is 35.5. The molecular formula is C3H3Cl2F2. The molecule has 1 atom stereocenters. The zero-order valence-corrected chi connectivity index (χ0v) is 4.81. The zero-order chi connectivity index (χ0) is 5.86. The molecule has 0 aliphatic carbocycles. The van der Waals surface area contributed by atoms with Crippen LogP contribution in [-0.2, 0) is 0 Å². The van der Waals surface area contributed by atoms with Crippen molar-refractivity contribution in [3.8, 4) is 0 Å². The van der Waals surface area contributed by atoms with Crippen molar-refractivity contribution in [2.75, 3.05) is 5.88 Å². The molecule has 0 aromatic heterocycles. The molecule has 4 heteroatoms. The predicted octanol–water partition coefficient (Wildman–Crippen LogP) is 2.26. The van der Waals surface area contributed by atoms with Crippen LogP contribution in [0.25, 0.3) is 0 Å². The first kappa shape index (κ1) is 7.44. The van der Waals surface area contributed by atoms with Gasteiger partial charge in [0.05, 0.1) is 0 Å². The Morgan fingerprint density at radius 1 is 1.57 bits per heavy atom. The minimum Gasteiger partial charge on any atom is -0.198 e. The van der Waals surface area contributed by atoms with Crippen LogP contribution >= 0.6 is 23.2 Å². The molecule has 0 aromatic rings. The van der Waals surface area contributed by atoms with Gasteiger partial charge in [0, 0.05) is 5.88 Å². The molecule has 1 unspecified atom stereocenters. The summed E-state index contributed by atoms with van der Waals surface area (Å²) in [6.07, 6.45) is -1.82. The largest absolute Gasteiger partial charge is 0.328 e. The number of hydrogen-bond donors (Lipinski definition) is 0. The monoisotopic (exact) mass is 147 g/mol. The third-order valence-corrected chi connectivity index (χ3v) is 1.16. The van der Waals surface area contributed by atoms with Crippen LogP contribution in [0, 0.1) is 6.43 Å². The Bertz CT molecular complexity index is 48.2. The molecule has 0 saturated heterocycles. The van der Waals surface area contributed by atoms with Gasteiger partial charge in [-0.25, -0.2) is 0 Å². The van der Waals surface area contributed by atoms with Gasteiger partial charge in [0.15, 0.2) is 0 Å². The van der Waals surface area contributed by atoms with E-state index in [1.165, 1.54) is 0 Å². The Balaban J connectivity index is 3.14. The van der Waals surface area contributed by atoms with E-state index in [2.05, 4.69) is 0 Å². The summed E-state index contributed by atoms with van der Waals surface area (Å²) in [5.41, 5.74) is 0. The lowest BCUT2D eigenvalue weighted by atomic mass is 10.5. The van der Waals surface area contributed by atoms with Crippen molar-refractivity contribution in [3.05, 3.63) is 6.43 Å². The number of alkyl halides is 2. The summed E-state index contributed by atoms with van der Waals surface area (Å²) in [5, 5.41) is -1.28. The molecule has 0 bridgehead atoms. The first-order valence-corrected chi connectivity index (χ1v) is 2.53. The van der Waals surface area contributed by atoms with Crippen LogP contribution in [0.5, 0.6) is 0 Å². The summed E-state index contributed by atoms with van der Waals surface area (Å²) in [6.45, 7) is 0. The highest BCUT2D eigenvalue weighted by Crippen LogP contribution is 2.16. The molecule has 0 aliphatic rings. The lowest BCUT2D eigenvalue weighted by molar-refractivity contribution is 0.282. The van der Waals surface area contributed by atoms with Gasteiger partial charge in [0.1, 0.15) is 5.38 Å². The normalized spacial score (nSPS) is 15.0. The maximum absolute atomic E-state index is 11.1. The van der Waals surface area contributed by atoms with Gasteiger partial charge in [-0.15, -0.1) is 23.2 Å². The van der Waals surface area contributed by atoms with Crippen LogP contribution in [0.2, 0.25) is 0 Å². The summed E-state index contributed by atoms with van der Waals surface area (Å²) in [5.74, 6) is -0.232. The molecule has 0 heterocycles. The predicted molar refractivity (Wildman–Crippen MR) is 25.8 cm³/mol. The molecule has 0 spiro atoms. The van der Waals surface area contributed by atoms with Crippen LogP contribution in [-0.4, -0.2) is 11.3 Å². The summed E-state index contributed by atoms with van der Waals surface area (Å²) in [6, 6.07) is 0. The van der Waals surface area contributed by atoms with Crippen LogP contribution in [0.3, 0.4) is 0 Å². The zero-order valence-electron chi connectivity index (χ0n) is 3.30. The van der Waals surface area contributed by atoms with E-state index in [0.717, 1.165) is 0 Å². The Hall–Kier alpha value is 0.440. The minimum atomic E-state index is -1.82. The maximum Gasteiger partial charge on any atom is 0.328 e. The van der Waals surface area contributed by atoms with Crippen LogP contribution < -0.4 is 0 Å². The average molecular weight is 148 g/mol. The molecule has 0 N–H and O–H groups in total. The molecule has 0 aromatic carbocycles. The summed E-state index contributed by atoms with van der Waals surface area (Å²) < 4.78 is 22.3. The SMILES string of the molecule is F[C](F)C(Cl)CCl. The van der Waals surface area contributed by atoms with Crippen LogP contribution in [0.4, 0.5) is 8.78 Å². The fourth-order valence-corrected chi connectivity index (χ4v) is 0.175. The second-order valence-electron chi connectivity index (χ2n) is 0.911. The van der Waals surface area contributed by atoms with E-state index in [0.29, 0.717) is 0 Å². The Morgan fingerprint density at radius 2 is 2.00 bits per heavy atom. The van der Waals surface area contributed by atoms with Gasteiger partial charge in [-0.2, -0.15) is 8.78 Å². The Morgan fingerprint density at radius 3 is 2.00 bits per heavy atom. The third-order valence-electron chi connectivity index (χ3n) is 0.372. The molecular weight excluding hydrogens is 145 g/mol. The van der Waals surface area contributed by atoms with Gasteiger partial charge in [-0.1, -0.05) is 0 Å².